The van der Waals surface area contributed by atoms with Gasteiger partial charge in [0.05, 0.1) is 16.9 Å². The second kappa shape index (κ2) is 14.4. The van der Waals surface area contributed by atoms with Crippen molar-refractivity contribution in [3.8, 4) is 39.5 Å². The maximum Gasteiger partial charge on any atom is 0.0774 e. The molecule has 0 atom stereocenters. The molecule has 0 aliphatic carbocycles. The minimum Gasteiger partial charge on any atom is -0.333 e. The van der Waals surface area contributed by atoms with Gasteiger partial charge >= 0.3 is 0 Å². The molecule has 233 valence electrons. The zero-order valence-corrected chi connectivity index (χ0v) is 29.1. The predicted molar refractivity (Wildman–Crippen MR) is 193 cm³/mol. The van der Waals surface area contributed by atoms with Crippen LogP contribution in [0.15, 0.2) is 140 Å². The second-order valence-electron chi connectivity index (χ2n) is 11.2. The van der Waals surface area contributed by atoms with Gasteiger partial charge in [0, 0.05) is 37.5 Å². The number of fused-ring (bicyclic) bond motifs is 2. The molecule has 8 rings (SSSR count). The number of hydrogen-bond acceptors (Lipinski definition) is 3. The number of para-hydroxylation sites is 2. The van der Waals surface area contributed by atoms with E-state index in [0.29, 0.717) is 0 Å². The van der Waals surface area contributed by atoms with Crippen LogP contribution in [-0.4, -0.2) is 14.5 Å². The van der Waals surface area contributed by atoms with Gasteiger partial charge in [0.15, 0.2) is 0 Å². The molecule has 3 nitrogen and oxygen atoms in total. The quantitative estimate of drug-likeness (QED) is 0.162. The minimum absolute atomic E-state index is 0. The maximum absolute atomic E-state index is 8.50. The van der Waals surface area contributed by atoms with Gasteiger partial charge in [-0.25, -0.2) is 0 Å². The van der Waals surface area contributed by atoms with Crippen molar-refractivity contribution < 1.29 is 25.6 Å². The van der Waals surface area contributed by atoms with Crippen LogP contribution in [0.4, 0.5) is 0 Å². The maximum atomic E-state index is 8.50. The molecule has 0 aliphatic heterocycles. The molecule has 1 radical (unpaired) electrons. The van der Waals surface area contributed by atoms with E-state index in [4.69, 9.17) is 10.5 Å². The van der Waals surface area contributed by atoms with E-state index in [1.165, 1.54) is 17.3 Å². The number of imidazole rings is 1. The molecule has 0 bridgehead atoms. The van der Waals surface area contributed by atoms with Crippen molar-refractivity contribution >= 4 is 32.5 Å². The largest absolute Gasteiger partial charge is 0.333 e. The molecule has 0 saturated heterocycles. The van der Waals surface area contributed by atoms with Gasteiger partial charge in [-0.2, -0.15) is 0 Å². The van der Waals surface area contributed by atoms with Gasteiger partial charge < -0.3 is 9.55 Å². The van der Waals surface area contributed by atoms with Gasteiger partial charge in [-0.1, -0.05) is 114 Å². The number of hydrogen-bond donors (Lipinski definition) is 0. The monoisotopic (exact) mass is 808 g/mol. The van der Waals surface area contributed by atoms with E-state index >= 15 is 0 Å². The van der Waals surface area contributed by atoms with E-state index in [1.54, 1.807) is 29.5 Å². The van der Waals surface area contributed by atoms with E-state index in [9.17, 15) is 0 Å². The van der Waals surface area contributed by atoms with E-state index in [2.05, 4.69) is 106 Å². The second-order valence-corrected chi connectivity index (χ2v) is 12.0. The number of pyridine rings is 1. The van der Waals surface area contributed by atoms with Crippen molar-refractivity contribution in [1.82, 2.24) is 14.5 Å². The van der Waals surface area contributed by atoms with Crippen LogP contribution >= 0.6 is 11.3 Å². The topological polar surface area (TPSA) is 30.7 Å². The molecule has 0 saturated carbocycles. The van der Waals surface area contributed by atoms with E-state index in [-0.39, 0.29) is 25.7 Å². The molecule has 0 unspecified atom stereocenters. The van der Waals surface area contributed by atoms with E-state index in [1.807, 2.05) is 44.2 Å². The predicted octanol–water partition coefficient (Wildman–Crippen LogP) is 11.4. The summed E-state index contributed by atoms with van der Waals surface area (Å²) in [6, 6.07) is 47.4. The Bertz CT molecular complexity index is 2380. The normalized spacial score (nSPS) is 12.6. The summed E-state index contributed by atoms with van der Waals surface area (Å²) in [4.78, 5) is 9.17. The van der Waals surface area contributed by atoms with Crippen molar-refractivity contribution in [2.75, 3.05) is 0 Å². The fraction of sp³-hybridized carbons (Fsp3) is 0.0952. The molecule has 47 heavy (non-hydrogen) atoms. The van der Waals surface area contributed by atoms with Gasteiger partial charge in [-0.15, -0.1) is 47.3 Å². The Morgan fingerprint density at radius 3 is 2.30 bits per heavy atom. The first kappa shape index (κ1) is 27.4. The van der Waals surface area contributed by atoms with Gasteiger partial charge in [0.1, 0.15) is 0 Å². The number of nitrogens with zero attached hydrogens (tertiary/aromatic N) is 3. The van der Waals surface area contributed by atoms with Gasteiger partial charge in [0.2, 0.25) is 0 Å². The average Bonchev–Trinajstić information content (AvgIpc) is 3.73. The van der Waals surface area contributed by atoms with Crippen LogP contribution in [0, 0.1) is 18.3 Å². The molecule has 0 N–H and O–H groups in total. The number of thiophene rings is 1. The zero-order valence-electron chi connectivity index (χ0n) is 29.9. The SMILES string of the molecule is [2H]C(C)(C)c1ccc2s[c-]c(-c3nc4ccccc4n3-c3ccc(-c4ccccc4)cc3)c2c1.[2H]C([2H])([2H])c1ccc(-c2[c-]cccc2)nc1.[Ir]. The zero-order chi connectivity index (χ0) is 34.9. The van der Waals surface area contributed by atoms with Crippen LogP contribution in [-0.2, 0) is 20.1 Å². The van der Waals surface area contributed by atoms with Gasteiger partial charge in [-0.3, -0.25) is 16.3 Å². The van der Waals surface area contributed by atoms with E-state index < -0.39 is 12.7 Å². The fourth-order valence-corrected chi connectivity index (χ4v) is 6.27. The van der Waals surface area contributed by atoms with Crippen molar-refractivity contribution in [1.29, 1.82) is 0 Å². The molecule has 5 aromatic carbocycles. The molecule has 0 amide bonds. The first-order valence-electron chi connectivity index (χ1n) is 17.1. The van der Waals surface area contributed by atoms with Crippen molar-refractivity contribution in [2.45, 2.75) is 26.6 Å². The number of aromatic nitrogens is 3. The molecule has 8 aromatic rings. The van der Waals surface area contributed by atoms with Crippen LogP contribution < -0.4 is 0 Å². The first-order chi connectivity index (χ1) is 24.1. The molecule has 0 fully saturated rings. The summed E-state index contributed by atoms with van der Waals surface area (Å²) in [5.41, 5.74) is 9.28. The summed E-state index contributed by atoms with van der Waals surface area (Å²) < 4.78 is 33.6. The Kier molecular flexibility index (Phi) is 8.41. The van der Waals surface area contributed by atoms with Gasteiger partial charge in [-0.05, 0) is 59.4 Å². The summed E-state index contributed by atoms with van der Waals surface area (Å²) >= 11 is 1.60. The molecule has 5 heteroatoms. The number of benzene rings is 5. The summed E-state index contributed by atoms with van der Waals surface area (Å²) in [5, 5.41) is 4.61. The molecular formula is C42H33IrN3S-2. The molecule has 3 heterocycles. The average molecular weight is 808 g/mol. The molecule has 0 aliphatic rings. The summed E-state index contributed by atoms with van der Waals surface area (Å²) in [7, 11) is 0. The van der Waals surface area contributed by atoms with Crippen molar-refractivity contribution in [2.24, 2.45) is 0 Å². The van der Waals surface area contributed by atoms with Crippen LogP contribution in [0.25, 0.3) is 60.6 Å². The fourth-order valence-electron chi connectivity index (χ4n) is 5.45. The Labute approximate surface area is 299 Å². The molecular weight excluding hydrogens is 771 g/mol. The Morgan fingerprint density at radius 1 is 0.809 bits per heavy atom. The van der Waals surface area contributed by atoms with Crippen LogP contribution in [0.2, 0.25) is 0 Å². The van der Waals surface area contributed by atoms with Crippen LogP contribution in [0.1, 0.15) is 36.4 Å². The Morgan fingerprint density at radius 2 is 1.57 bits per heavy atom. The molecule has 3 aromatic heterocycles. The van der Waals surface area contributed by atoms with Crippen molar-refractivity contribution in [3.05, 3.63) is 162 Å². The van der Waals surface area contributed by atoms with Gasteiger partial charge in [0.25, 0.3) is 0 Å². The first-order valence-corrected chi connectivity index (χ1v) is 15.9. The summed E-state index contributed by atoms with van der Waals surface area (Å²) in [6.07, 6.45) is 1.39. The standard InChI is InChI=1S/C30H23N2S.C12H10N.Ir/c1-20(2)23-14-17-29-25(18-23)26(19-33-29)30-31-27-10-6-7-11-28(27)32(30)24-15-12-22(13-16-24)21-8-4-3-5-9-21;1-10-7-8-12(13-9-10)11-5-3-2-4-6-11;/h3-18,20H,1-2H3;2-5,7-9H,1H3;/q2*-1;/i20D;1D3;. The smallest absolute Gasteiger partial charge is 0.0774 e. The van der Waals surface area contributed by atoms with Crippen LogP contribution in [0.3, 0.4) is 0 Å². The Hall–Kier alpha value is -4.67. The van der Waals surface area contributed by atoms with Crippen molar-refractivity contribution in [3.63, 3.8) is 0 Å². The number of aryl methyl sites for hydroxylation is 1. The Balaban J connectivity index is 0.000000222. The van der Waals surface area contributed by atoms with Crippen LogP contribution in [0.5, 0.6) is 0 Å². The summed E-state index contributed by atoms with van der Waals surface area (Å²) in [5.74, 6) is 0.209. The third-order valence-corrected chi connectivity index (χ3v) is 8.74. The third-order valence-electron chi connectivity index (χ3n) is 7.85. The summed E-state index contributed by atoms with van der Waals surface area (Å²) in [6.45, 7) is 1.76. The minimum atomic E-state index is -2.09. The van der Waals surface area contributed by atoms with E-state index in [0.717, 1.165) is 55.0 Å². The number of rotatable bonds is 5. The third kappa shape index (κ3) is 6.89. The molecule has 0 spiro atoms.